The smallest absolute Gasteiger partial charge is 0.132 e. The standard InChI is InChI=1S/C11H21NO2/c1-3-5-6-7-11(13)9-8-10(4-2)12-14/h10H,3-9H2,1-2H3. The normalized spacial score (nSPS) is 12.4. The Kier molecular flexibility index (Phi) is 8.39. The highest BCUT2D eigenvalue weighted by Crippen LogP contribution is 2.09. The SMILES string of the molecule is CCCCCC(=O)CCC(CC)N=O. The van der Waals surface area contributed by atoms with Crippen molar-refractivity contribution in [3.05, 3.63) is 4.91 Å². The fourth-order valence-corrected chi connectivity index (χ4v) is 1.36. The summed E-state index contributed by atoms with van der Waals surface area (Å²) in [5.74, 6) is 0.278. The van der Waals surface area contributed by atoms with Crippen LogP contribution in [0.25, 0.3) is 0 Å². The van der Waals surface area contributed by atoms with Crippen molar-refractivity contribution in [2.24, 2.45) is 5.18 Å². The Bertz CT molecular complexity index is 169. The molecule has 0 saturated heterocycles. The summed E-state index contributed by atoms with van der Waals surface area (Å²) in [7, 11) is 0. The van der Waals surface area contributed by atoms with Gasteiger partial charge >= 0.3 is 0 Å². The number of carbonyl (C=O) groups is 1. The molecule has 0 spiro atoms. The number of ketones is 1. The maximum atomic E-state index is 11.3. The van der Waals surface area contributed by atoms with Crippen molar-refractivity contribution >= 4 is 5.78 Å². The average molecular weight is 199 g/mol. The van der Waals surface area contributed by atoms with E-state index in [1.54, 1.807) is 0 Å². The fraction of sp³-hybridized carbons (Fsp3) is 0.909. The Morgan fingerprint density at radius 3 is 2.43 bits per heavy atom. The molecule has 0 aromatic rings. The highest BCUT2D eigenvalue weighted by Gasteiger charge is 2.08. The van der Waals surface area contributed by atoms with Crippen LogP contribution in [0.3, 0.4) is 0 Å². The van der Waals surface area contributed by atoms with E-state index in [1.807, 2.05) is 6.92 Å². The fourth-order valence-electron chi connectivity index (χ4n) is 1.36. The van der Waals surface area contributed by atoms with Crippen LogP contribution in [0.15, 0.2) is 5.18 Å². The molecule has 3 heteroatoms. The van der Waals surface area contributed by atoms with Gasteiger partial charge in [0, 0.05) is 12.8 Å². The van der Waals surface area contributed by atoms with Crippen molar-refractivity contribution in [3.8, 4) is 0 Å². The number of nitrogens with zero attached hydrogens (tertiary/aromatic N) is 1. The van der Waals surface area contributed by atoms with Crippen LogP contribution in [0.4, 0.5) is 0 Å². The molecule has 1 unspecified atom stereocenters. The Balaban J connectivity index is 3.47. The summed E-state index contributed by atoms with van der Waals surface area (Å²) in [6, 6.07) is -0.162. The molecule has 0 amide bonds. The number of hydrogen-bond donors (Lipinski definition) is 0. The first kappa shape index (κ1) is 13.3. The third-order valence-corrected chi connectivity index (χ3v) is 2.44. The number of hydrogen-bond acceptors (Lipinski definition) is 3. The first-order valence-corrected chi connectivity index (χ1v) is 5.58. The lowest BCUT2D eigenvalue weighted by Gasteiger charge is -2.04. The molecule has 1 atom stereocenters. The summed E-state index contributed by atoms with van der Waals surface area (Å²) in [6.45, 7) is 4.04. The Labute approximate surface area is 86.2 Å². The molecule has 82 valence electrons. The highest BCUT2D eigenvalue weighted by atomic mass is 16.3. The molecule has 0 aliphatic carbocycles. The highest BCUT2D eigenvalue weighted by molar-refractivity contribution is 5.78. The topological polar surface area (TPSA) is 46.5 Å². The van der Waals surface area contributed by atoms with E-state index >= 15 is 0 Å². The predicted molar refractivity (Wildman–Crippen MR) is 58.3 cm³/mol. The minimum absolute atomic E-state index is 0.162. The average Bonchev–Trinajstić information content (AvgIpc) is 2.20. The zero-order chi connectivity index (χ0) is 10.8. The summed E-state index contributed by atoms with van der Waals surface area (Å²) < 4.78 is 0. The molecular weight excluding hydrogens is 178 g/mol. The van der Waals surface area contributed by atoms with Crippen LogP contribution in [0.1, 0.15) is 58.8 Å². The first-order chi connectivity index (χ1) is 6.74. The van der Waals surface area contributed by atoms with Gasteiger partial charge in [0.15, 0.2) is 0 Å². The van der Waals surface area contributed by atoms with Crippen LogP contribution in [0.5, 0.6) is 0 Å². The molecule has 0 radical (unpaired) electrons. The van der Waals surface area contributed by atoms with Crippen LogP contribution in [-0.2, 0) is 4.79 Å². The van der Waals surface area contributed by atoms with Gasteiger partial charge in [0.05, 0.1) is 6.04 Å². The molecule has 0 aromatic heterocycles. The van der Waals surface area contributed by atoms with Crippen LogP contribution in [0.2, 0.25) is 0 Å². The number of rotatable bonds is 9. The van der Waals surface area contributed by atoms with Crippen LogP contribution in [0, 0.1) is 4.91 Å². The van der Waals surface area contributed by atoms with E-state index in [1.165, 1.54) is 0 Å². The van der Waals surface area contributed by atoms with Gasteiger partial charge < -0.3 is 0 Å². The monoisotopic (exact) mass is 199 g/mol. The van der Waals surface area contributed by atoms with Gasteiger partial charge in [0.2, 0.25) is 0 Å². The maximum Gasteiger partial charge on any atom is 0.132 e. The first-order valence-electron chi connectivity index (χ1n) is 5.58. The Morgan fingerprint density at radius 1 is 1.21 bits per heavy atom. The third kappa shape index (κ3) is 6.75. The summed E-state index contributed by atoms with van der Waals surface area (Å²) in [6.07, 6.45) is 5.81. The van der Waals surface area contributed by atoms with Crippen molar-refractivity contribution in [2.45, 2.75) is 64.8 Å². The molecule has 14 heavy (non-hydrogen) atoms. The minimum Gasteiger partial charge on any atom is -0.300 e. The molecule has 0 aliphatic heterocycles. The zero-order valence-corrected chi connectivity index (χ0v) is 9.29. The van der Waals surface area contributed by atoms with Crippen LogP contribution >= 0.6 is 0 Å². The van der Waals surface area contributed by atoms with Crippen molar-refractivity contribution < 1.29 is 4.79 Å². The van der Waals surface area contributed by atoms with E-state index in [4.69, 9.17) is 0 Å². The molecule has 0 heterocycles. The summed E-state index contributed by atoms with van der Waals surface area (Å²) in [5.41, 5.74) is 0. The van der Waals surface area contributed by atoms with Crippen LogP contribution in [-0.4, -0.2) is 11.8 Å². The van der Waals surface area contributed by atoms with Gasteiger partial charge in [-0.25, -0.2) is 0 Å². The van der Waals surface area contributed by atoms with Gasteiger partial charge in [-0.15, -0.1) is 0 Å². The molecule has 0 aromatic carbocycles. The lowest BCUT2D eigenvalue weighted by molar-refractivity contribution is -0.119. The lowest BCUT2D eigenvalue weighted by Crippen LogP contribution is -2.06. The van der Waals surface area contributed by atoms with E-state index < -0.39 is 0 Å². The van der Waals surface area contributed by atoms with E-state index in [-0.39, 0.29) is 11.8 Å². The second-order valence-corrected chi connectivity index (χ2v) is 3.70. The van der Waals surface area contributed by atoms with Gasteiger partial charge in [-0.1, -0.05) is 31.9 Å². The molecule has 0 aliphatic rings. The Morgan fingerprint density at radius 2 is 1.93 bits per heavy atom. The van der Waals surface area contributed by atoms with Crippen molar-refractivity contribution in [1.29, 1.82) is 0 Å². The molecule has 0 fully saturated rings. The van der Waals surface area contributed by atoms with Gasteiger partial charge in [-0.3, -0.25) is 4.79 Å². The molecule has 0 rings (SSSR count). The molecular formula is C11H21NO2. The van der Waals surface area contributed by atoms with Gasteiger partial charge in [0.25, 0.3) is 0 Å². The lowest BCUT2D eigenvalue weighted by atomic mass is 10.0. The quantitative estimate of drug-likeness (QED) is 0.421. The summed E-state index contributed by atoms with van der Waals surface area (Å²) in [4.78, 5) is 21.6. The maximum absolute atomic E-state index is 11.3. The number of nitroso groups, excluding NO2 is 1. The largest absolute Gasteiger partial charge is 0.300 e. The molecule has 3 nitrogen and oxygen atoms in total. The molecule has 0 N–H and O–H groups in total. The Hall–Kier alpha value is -0.730. The number of Topliss-reactive ketones (excluding diaryl/α,β-unsaturated/α-hetero) is 1. The second kappa shape index (κ2) is 8.85. The molecule has 0 saturated carbocycles. The van der Waals surface area contributed by atoms with Crippen molar-refractivity contribution in [1.82, 2.24) is 0 Å². The minimum atomic E-state index is -0.162. The number of carbonyl (C=O) groups excluding carboxylic acids is 1. The van der Waals surface area contributed by atoms with Gasteiger partial charge in [-0.2, -0.15) is 4.91 Å². The van der Waals surface area contributed by atoms with E-state index in [0.29, 0.717) is 19.3 Å². The van der Waals surface area contributed by atoms with Gasteiger partial charge in [-0.05, 0) is 19.3 Å². The predicted octanol–water partition coefficient (Wildman–Crippen LogP) is 3.46. The van der Waals surface area contributed by atoms with Crippen molar-refractivity contribution in [3.63, 3.8) is 0 Å². The van der Waals surface area contributed by atoms with Crippen molar-refractivity contribution in [2.75, 3.05) is 0 Å². The van der Waals surface area contributed by atoms with Gasteiger partial charge in [0.1, 0.15) is 5.78 Å². The summed E-state index contributed by atoms with van der Waals surface area (Å²) in [5, 5.41) is 2.97. The van der Waals surface area contributed by atoms with Crippen LogP contribution < -0.4 is 0 Å². The summed E-state index contributed by atoms with van der Waals surface area (Å²) >= 11 is 0. The van der Waals surface area contributed by atoms with E-state index in [9.17, 15) is 9.70 Å². The van der Waals surface area contributed by atoms with E-state index in [0.717, 1.165) is 25.7 Å². The second-order valence-electron chi connectivity index (χ2n) is 3.70. The molecule has 0 bridgehead atoms. The third-order valence-electron chi connectivity index (χ3n) is 2.44. The number of unbranched alkanes of at least 4 members (excludes halogenated alkanes) is 2. The zero-order valence-electron chi connectivity index (χ0n) is 9.29. The van der Waals surface area contributed by atoms with E-state index in [2.05, 4.69) is 12.1 Å².